The normalized spacial score (nSPS) is 14.4. The third kappa shape index (κ3) is 4.17. The van der Waals surface area contributed by atoms with Crippen LogP contribution in [0.4, 0.5) is 19.1 Å². The minimum absolute atomic E-state index is 0.112. The Bertz CT molecular complexity index is 615. The Hall–Kier alpha value is -2.15. The van der Waals surface area contributed by atoms with Crippen LogP contribution < -0.4 is 5.32 Å². The zero-order valence-corrected chi connectivity index (χ0v) is 11.9. The van der Waals surface area contributed by atoms with Crippen molar-refractivity contribution in [2.75, 3.05) is 11.9 Å². The fraction of sp³-hybridized carbons (Fsp3) is 0.333. The van der Waals surface area contributed by atoms with Gasteiger partial charge < -0.3 is 10.4 Å². The molecule has 0 saturated carbocycles. The second kappa shape index (κ2) is 6.31. The monoisotopic (exact) mass is 311 g/mol. The van der Waals surface area contributed by atoms with Gasteiger partial charge in [-0.25, -0.2) is 9.97 Å². The molecule has 2 aromatic rings. The highest BCUT2D eigenvalue weighted by molar-refractivity contribution is 5.27. The van der Waals surface area contributed by atoms with Gasteiger partial charge in [-0.05, 0) is 25.0 Å². The Kier molecular flexibility index (Phi) is 4.65. The van der Waals surface area contributed by atoms with Gasteiger partial charge >= 0.3 is 6.18 Å². The van der Waals surface area contributed by atoms with Crippen LogP contribution in [-0.4, -0.2) is 21.6 Å². The van der Waals surface area contributed by atoms with Crippen LogP contribution in [0.1, 0.15) is 24.6 Å². The van der Waals surface area contributed by atoms with Crippen LogP contribution in [0.2, 0.25) is 0 Å². The maximum absolute atomic E-state index is 12.5. The van der Waals surface area contributed by atoms with E-state index in [-0.39, 0.29) is 12.5 Å². The predicted molar refractivity (Wildman–Crippen MR) is 76.2 cm³/mol. The molecule has 0 aliphatic heterocycles. The van der Waals surface area contributed by atoms with Crippen LogP contribution in [0.15, 0.2) is 42.6 Å². The maximum atomic E-state index is 12.5. The summed E-state index contributed by atoms with van der Waals surface area (Å²) in [6, 6.07) is 9.86. The number of aliphatic hydroxyl groups is 1. The van der Waals surface area contributed by atoms with Gasteiger partial charge in [-0.15, -0.1) is 0 Å². The molecule has 0 saturated heterocycles. The molecule has 2 rings (SSSR count). The molecule has 118 valence electrons. The van der Waals surface area contributed by atoms with E-state index in [0.29, 0.717) is 6.42 Å². The number of alkyl halides is 3. The summed E-state index contributed by atoms with van der Waals surface area (Å²) >= 11 is 0. The third-order valence-electron chi connectivity index (χ3n) is 3.24. The van der Waals surface area contributed by atoms with E-state index < -0.39 is 17.5 Å². The molecule has 22 heavy (non-hydrogen) atoms. The Balaban J connectivity index is 1.97. The van der Waals surface area contributed by atoms with E-state index in [1.807, 2.05) is 18.2 Å². The van der Waals surface area contributed by atoms with Gasteiger partial charge in [0.05, 0.1) is 5.60 Å². The van der Waals surface area contributed by atoms with Crippen molar-refractivity contribution in [1.82, 2.24) is 9.97 Å². The molecule has 0 aliphatic rings. The Morgan fingerprint density at radius 1 is 1.14 bits per heavy atom. The molecule has 1 heterocycles. The number of aromatic nitrogens is 2. The van der Waals surface area contributed by atoms with Gasteiger partial charge in [0.1, 0.15) is 5.69 Å². The Labute approximate surface area is 126 Å². The molecule has 0 aliphatic carbocycles. The summed E-state index contributed by atoms with van der Waals surface area (Å²) in [5, 5.41) is 13.1. The number of rotatable bonds is 5. The molecule has 1 atom stereocenters. The lowest BCUT2D eigenvalue weighted by Crippen LogP contribution is -2.25. The topological polar surface area (TPSA) is 58.0 Å². The fourth-order valence-corrected chi connectivity index (χ4v) is 1.96. The smallest absolute Gasteiger partial charge is 0.385 e. The van der Waals surface area contributed by atoms with E-state index in [2.05, 4.69) is 15.3 Å². The second-order valence-corrected chi connectivity index (χ2v) is 5.08. The van der Waals surface area contributed by atoms with Crippen LogP contribution in [-0.2, 0) is 11.8 Å². The average molecular weight is 311 g/mol. The van der Waals surface area contributed by atoms with E-state index in [9.17, 15) is 18.3 Å². The number of anilines is 1. The first-order valence-corrected chi connectivity index (χ1v) is 6.71. The summed E-state index contributed by atoms with van der Waals surface area (Å²) < 4.78 is 37.6. The van der Waals surface area contributed by atoms with Crippen molar-refractivity contribution in [3.63, 3.8) is 0 Å². The van der Waals surface area contributed by atoms with E-state index in [1.165, 1.54) is 0 Å². The fourth-order valence-electron chi connectivity index (χ4n) is 1.96. The molecule has 7 heteroatoms. The van der Waals surface area contributed by atoms with Gasteiger partial charge in [0.15, 0.2) is 0 Å². The highest BCUT2D eigenvalue weighted by Crippen LogP contribution is 2.28. The Morgan fingerprint density at radius 2 is 1.82 bits per heavy atom. The van der Waals surface area contributed by atoms with Gasteiger partial charge in [0.25, 0.3) is 0 Å². The van der Waals surface area contributed by atoms with Crippen molar-refractivity contribution >= 4 is 5.95 Å². The highest BCUT2D eigenvalue weighted by atomic mass is 19.4. The molecular weight excluding hydrogens is 295 g/mol. The minimum Gasteiger partial charge on any atom is -0.385 e. The van der Waals surface area contributed by atoms with Crippen LogP contribution in [0.25, 0.3) is 0 Å². The summed E-state index contributed by atoms with van der Waals surface area (Å²) in [5.41, 5.74) is -1.35. The van der Waals surface area contributed by atoms with Crippen molar-refractivity contribution in [2.24, 2.45) is 0 Å². The number of nitrogens with zero attached hydrogens (tertiary/aromatic N) is 2. The van der Waals surface area contributed by atoms with Crippen molar-refractivity contribution in [1.29, 1.82) is 0 Å². The molecule has 0 fully saturated rings. The first-order chi connectivity index (χ1) is 10.3. The summed E-state index contributed by atoms with van der Waals surface area (Å²) in [6.45, 7) is 1.89. The summed E-state index contributed by atoms with van der Waals surface area (Å²) in [6.07, 6.45) is -3.15. The van der Waals surface area contributed by atoms with Crippen molar-refractivity contribution in [3.8, 4) is 0 Å². The van der Waals surface area contributed by atoms with Gasteiger partial charge in [0.2, 0.25) is 5.95 Å². The molecule has 4 nitrogen and oxygen atoms in total. The molecule has 1 aromatic carbocycles. The largest absolute Gasteiger partial charge is 0.433 e. The number of hydrogen-bond acceptors (Lipinski definition) is 4. The zero-order chi connectivity index (χ0) is 16.2. The third-order valence-corrected chi connectivity index (χ3v) is 3.24. The quantitative estimate of drug-likeness (QED) is 0.890. The first-order valence-electron chi connectivity index (χ1n) is 6.71. The van der Waals surface area contributed by atoms with Gasteiger partial charge in [-0.2, -0.15) is 13.2 Å². The molecule has 0 spiro atoms. The Morgan fingerprint density at radius 3 is 2.45 bits per heavy atom. The van der Waals surface area contributed by atoms with Gasteiger partial charge in [0, 0.05) is 12.7 Å². The van der Waals surface area contributed by atoms with Crippen molar-refractivity contribution in [2.45, 2.75) is 25.1 Å². The predicted octanol–water partition coefficient (Wildman–Crippen LogP) is 3.21. The van der Waals surface area contributed by atoms with E-state index in [4.69, 9.17) is 0 Å². The maximum Gasteiger partial charge on any atom is 0.433 e. The lowest BCUT2D eigenvalue weighted by atomic mass is 9.93. The van der Waals surface area contributed by atoms with Crippen LogP contribution in [0.5, 0.6) is 0 Å². The minimum atomic E-state index is -4.51. The van der Waals surface area contributed by atoms with E-state index in [1.54, 1.807) is 19.1 Å². The molecule has 0 amide bonds. The average Bonchev–Trinajstić information content (AvgIpc) is 2.47. The number of hydrogen-bond donors (Lipinski definition) is 2. The first kappa shape index (κ1) is 16.2. The summed E-state index contributed by atoms with van der Waals surface area (Å²) in [4.78, 5) is 7.15. The number of benzene rings is 1. The van der Waals surface area contributed by atoms with Crippen molar-refractivity contribution in [3.05, 3.63) is 53.9 Å². The molecule has 0 bridgehead atoms. The molecule has 2 N–H and O–H groups in total. The second-order valence-electron chi connectivity index (χ2n) is 5.08. The van der Waals surface area contributed by atoms with Gasteiger partial charge in [-0.3, -0.25) is 0 Å². The van der Waals surface area contributed by atoms with E-state index in [0.717, 1.165) is 17.8 Å². The zero-order valence-electron chi connectivity index (χ0n) is 11.9. The van der Waals surface area contributed by atoms with Crippen LogP contribution in [0.3, 0.4) is 0 Å². The lowest BCUT2D eigenvalue weighted by Gasteiger charge is -2.24. The van der Waals surface area contributed by atoms with Crippen molar-refractivity contribution < 1.29 is 18.3 Å². The molecule has 0 radical (unpaired) electrons. The lowest BCUT2D eigenvalue weighted by molar-refractivity contribution is -0.141. The molecule has 1 unspecified atom stereocenters. The SMILES string of the molecule is CC(O)(CCNc1nccc(C(F)(F)F)n1)c1ccccc1. The summed E-state index contributed by atoms with van der Waals surface area (Å²) in [5.74, 6) is -0.112. The van der Waals surface area contributed by atoms with Crippen LogP contribution in [0, 0.1) is 0 Å². The summed E-state index contributed by atoms with van der Waals surface area (Å²) in [7, 11) is 0. The highest BCUT2D eigenvalue weighted by Gasteiger charge is 2.32. The molecular formula is C15H16F3N3O. The standard InChI is InChI=1S/C15H16F3N3O/c1-14(22,11-5-3-2-4-6-11)8-10-20-13-19-9-7-12(21-13)15(16,17)18/h2-7,9,22H,8,10H2,1H3,(H,19,20,21). The van der Waals surface area contributed by atoms with Gasteiger partial charge in [-0.1, -0.05) is 30.3 Å². The van der Waals surface area contributed by atoms with Crippen LogP contribution >= 0.6 is 0 Å². The number of halogens is 3. The van der Waals surface area contributed by atoms with E-state index >= 15 is 0 Å². The number of nitrogens with one attached hydrogen (secondary N) is 1. The molecule has 1 aromatic heterocycles.